The summed E-state index contributed by atoms with van der Waals surface area (Å²) >= 11 is 0. The summed E-state index contributed by atoms with van der Waals surface area (Å²) in [7, 11) is 0. The van der Waals surface area contributed by atoms with E-state index < -0.39 is 5.54 Å². The smallest absolute Gasteiger partial charge is 0.332 e. The van der Waals surface area contributed by atoms with Crippen LogP contribution in [-0.2, 0) is 16.8 Å². The predicted octanol–water partition coefficient (Wildman–Crippen LogP) is 3.72. The van der Waals surface area contributed by atoms with Gasteiger partial charge in [0.2, 0.25) is 0 Å². The third kappa shape index (κ3) is 1.75. The lowest BCUT2D eigenvalue weighted by atomic mass is 9.87. The van der Waals surface area contributed by atoms with Crippen LogP contribution in [0, 0.1) is 6.92 Å². The Balaban J connectivity index is 1.69. The van der Waals surface area contributed by atoms with Gasteiger partial charge >= 0.3 is 6.03 Å². The SMILES string of the molecule is Cc1ccc(N2C(=O)N3CCc4c([nH]c5ccccc45)C3(C)C2=O)cc1. The lowest BCUT2D eigenvalue weighted by Crippen LogP contribution is -2.49. The number of nitrogens with one attached hydrogen (secondary N) is 1. The minimum absolute atomic E-state index is 0.196. The third-order valence-corrected chi connectivity index (χ3v) is 5.76. The van der Waals surface area contributed by atoms with E-state index in [9.17, 15) is 9.59 Å². The molecule has 2 aromatic carbocycles. The van der Waals surface area contributed by atoms with Gasteiger partial charge in [-0.15, -0.1) is 0 Å². The number of H-pyrrole nitrogens is 1. The number of urea groups is 1. The second-order valence-electron chi connectivity index (χ2n) is 7.26. The Morgan fingerprint density at radius 1 is 1.04 bits per heavy atom. The van der Waals surface area contributed by atoms with Gasteiger partial charge in [0.15, 0.2) is 5.54 Å². The number of nitrogens with zero attached hydrogens (tertiary/aromatic N) is 2. The van der Waals surface area contributed by atoms with Gasteiger partial charge in [-0.2, -0.15) is 0 Å². The van der Waals surface area contributed by atoms with Crippen LogP contribution in [0.3, 0.4) is 0 Å². The summed E-state index contributed by atoms with van der Waals surface area (Å²) < 4.78 is 0. The van der Waals surface area contributed by atoms with E-state index in [1.54, 1.807) is 4.90 Å². The number of carbonyl (C=O) groups is 2. The highest BCUT2D eigenvalue weighted by atomic mass is 16.2. The maximum absolute atomic E-state index is 13.4. The first-order valence-corrected chi connectivity index (χ1v) is 8.84. The van der Waals surface area contributed by atoms with Crippen molar-refractivity contribution in [2.45, 2.75) is 25.8 Å². The lowest BCUT2D eigenvalue weighted by Gasteiger charge is -2.35. The highest BCUT2D eigenvalue weighted by molar-refractivity contribution is 6.23. The van der Waals surface area contributed by atoms with E-state index in [1.165, 1.54) is 4.90 Å². The van der Waals surface area contributed by atoms with Crippen molar-refractivity contribution in [2.75, 3.05) is 11.4 Å². The van der Waals surface area contributed by atoms with Gasteiger partial charge in [-0.05, 0) is 44.0 Å². The largest absolute Gasteiger partial charge is 0.356 e. The summed E-state index contributed by atoms with van der Waals surface area (Å²) in [5.74, 6) is -0.196. The molecule has 1 saturated heterocycles. The van der Waals surface area contributed by atoms with Crippen molar-refractivity contribution in [2.24, 2.45) is 0 Å². The van der Waals surface area contributed by atoms with Crippen LogP contribution in [0.4, 0.5) is 10.5 Å². The van der Waals surface area contributed by atoms with Gasteiger partial charge in [0, 0.05) is 17.4 Å². The number of imide groups is 1. The van der Waals surface area contributed by atoms with Gasteiger partial charge in [0.1, 0.15) is 0 Å². The molecule has 130 valence electrons. The summed E-state index contributed by atoms with van der Waals surface area (Å²) in [4.78, 5) is 33.0. The van der Waals surface area contributed by atoms with Crippen LogP contribution in [0.5, 0.6) is 0 Å². The van der Waals surface area contributed by atoms with Crippen molar-refractivity contribution in [3.8, 4) is 0 Å². The Hall–Kier alpha value is -3.08. The van der Waals surface area contributed by atoms with Gasteiger partial charge in [-0.1, -0.05) is 35.9 Å². The molecular weight excluding hydrogens is 326 g/mol. The molecule has 0 bridgehead atoms. The maximum Gasteiger partial charge on any atom is 0.332 e. The van der Waals surface area contributed by atoms with Crippen molar-refractivity contribution < 1.29 is 9.59 Å². The second kappa shape index (κ2) is 4.97. The minimum Gasteiger partial charge on any atom is -0.356 e. The summed E-state index contributed by atoms with van der Waals surface area (Å²) in [6.07, 6.45) is 0.746. The van der Waals surface area contributed by atoms with E-state index in [0.717, 1.165) is 34.1 Å². The molecule has 3 aromatic rings. The number of aromatic nitrogens is 1. The molecule has 3 heterocycles. The topological polar surface area (TPSA) is 56.4 Å². The molecule has 1 atom stereocenters. The molecule has 5 nitrogen and oxygen atoms in total. The van der Waals surface area contributed by atoms with Crippen LogP contribution < -0.4 is 4.90 Å². The van der Waals surface area contributed by atoms with Crippen LogP contribution in [0.25, 0.3) is 10.9 Å². The first-order valence-electron chi connectivity index (χ1n) is 8.84. The molecule has 1 unspecified atom stereocenters. The lowest BCUT2D eigenvalue weighted by molar-refractivity contribution is -0.125. The first-order chi connectivity index (χ1) is 12.5. The van der Waals surface area contributed by atoms with Crippen LogP contribution >= 0.6 is 0 Å². The average molecular weight is 345 g/mol. The summed E-state index contributed by atoms with van der Waals surface area (Å²) in [6.45, 7) is 4.38. The number of carbonyl (C=O) groups excluding carboxylic acids is 2. The van der Waals surface area contributed by atoms with Crippen molar-refractivity contribution >= 4 is 28.5 Å². The molecule has 1 N–H and O–H groups in total. The van der Waals surface area contributed by atoms with E-state index >= 15 is 0 Å². The van der Waals surface area contributed by atoms with E-state index in [1.807, 2.05) is 56.3 Å². The van der Waals surface area contributed by atoms with Crippen LogP contribution in [0.2, 0.25) is 0 Å². The molecular formula is C21H19N3O2. The van der Waals surface area contributed by atoms with Gasteiger partial charge in [0.25, 0.3) is 5.91 Å². The van der Waals surface area contributed by atoms with Crippen molar-refractivity contribution in [3.63, 3.8) is 0 Å². The fraction of sp³-hybridized carbons (Fsp3) is 0.238. The molecule has 5 heteroatoms. The van der Waals surface area contributed by atoms with Gasteiger partial charge in [0.05, 0.1) is 11.4 Å². The van der Waals surface area contributed by atoms with Crippen molar-refractivity contribution in [3.05, 3.63) is 65.4 Å². The van der Waals surface area contributed by atoms with E-state index in [2.05, 4.69) is 11.1 Å². The third-order valence-electron chi connectivity index (χ3n) is 5.76. The number of aryl methyl sites for hydroxylation is 1. The zero-order valence-electron chi connectivity index (χ0n) is 14.7. The van der Waals surface area contributed by atoms with E-state index in [4.69, 9.17) is 0 Å². The van der Waals surface area contributed by atoms with E-state index in [0.29, 0.717) is 12.2 Å². The summed E-state index contributed by atoms with van der Waals surface area (Å²) in [5, 5.41) is 1.14. The monoisotopic (exact) mass is 345 g/mol. The Kier molecular flexibility index (Phi) is 2.91. The number of rotatable bonds is 1. The molecule has 1 aromatic heterocycles. The molecule has 0 aliphatic carbocycles. The Bertz CT molecular complexity index is 1070. The van der Waals surface area contributed by atoms with Gasteiger partial charge in [-0.25, -0.2) is 9.69 Å². The molecule has 0 spiro atoms. The maximum atomic E-state index is 13.4. The predicted molar refractivity (Wildman–Crippen MR) is 100 cm³/mol. The van der Waals surface area contributed by atoms with Crippen LogP contribution in [-0.4, -0.2) is 28.4 Å². The fourth-order valence-electron chi connectivity index (χ4n) is 4.31. The highest BCUT2D eigenvalue weighted by Gasteiger charge is 2.58. The Morgan fingerprint density at radius 2 is 1.77 bits per heavy atom. The molecule has 5 rings (SSSR count). The summed E-state index contributed by atoms with van der Waals surface area (Å²) in [6, 6.07) is 15.3. The fourth-order valence-corrected chi connectivity index (χ4v) is 4.31. The standard InChI is InChI=1S/C21H19N3O2/c1-13-7-9-14(10-8-13)24-19(25)21(2)18-16(11-12-23(21)20(24)26)15-5-3-4-6-17(15)22-18/h3-10,22H,11-12H2,1-2H3. The number of fused-ring (bicyclic) bond motifs is 5. The molecule has 2 aliphatic rings. The molecule has 0 saturated carbocycles. The number of hydrogen-bond donors (Lipinski definition) is 1. The normalized spacial score (nSPS) is 22.1. The average Bonchev–Trinajstić information content (AvgIpc) is 3.11. The van der Waals surface area contributed by atoms with Gasteiger partial charge < -0.3 is 9.88 Å². The number of hydrogen-bond acceptors (Lipinski definition) is 2. The van der Waals surface area contributed by atoms with E-state index in [-0.39, 0.29) is 11.9 Å². The number of amides is 3. The molecule has 0 radical (unpaired) electrons. The Morgan fingerprint density at radius 3 is 2.54 bits per heavy atom. The zero-order chi connectivity index (χ0) is 18.1. The van der Waals surface area contributed by atoms with Crippen molar-refractivity contribution in [1.29, 1.82) is 0 Å². The number of anilines is 1. The zero-order valence-corrected chi connectivity index (χ0v) is 14.7. The Labute approximate surface area is 151 Å². The number of aromatic amines is 1. The second-order valence-corrected chi connectivity index (χ2v) is 7.26. The first kappa shape index (κ1) is 15.2. The number of benzene rings is 2. The quantitative estimate of drug-likeness (QED) is 0.684. The molecule has 26 heavy (non-hydrogen) atoms. The van der Waals surface area contributed by atoms with Crippen LogP contribution in [0.1, 0.15) is 23.7 Å². The van der Waals surface area contributed by atoms with Crippen LogP contribution in [0.15, 0.2) is 48.5 Å². The highest BCUT2D eigenvalue weighted by Crippen LogP contribution is 2.45. The summed E-state index contributed by atoms with van der Waals surface area (Å²) in [5.41, 5.74) is 3.72. The molecule has 1 fully saturated rings. The minimum atomic E-state index is -0.991. The molecule has 3 amide bonds. The molecule has 2 aliphatic heterocycles. The van der Waals surface area contributed by atoms with Gasteiger partial charge in [-0.3, -0.25) is 4.79 Å². The number of para-hydroxylation sites is 1. The van der Waals surface area contributed by atoms with Crippen molar-refractivity contribution in [1.82, 2.24) is 9.88 Å².